The van der Waals surface area contributed by atoms with Crippen molar-refractivity contribution in [2.45, 2.75) is 63.2 Å². The molecule has 0 nitrogen and oxygen atoms in total. The van der Waals surface area contributed by atoms with Crippen LogP contribution in [0.25, 0.3) is 0 Å². The summed E-state index contributed by atoms with van der Waals surface area (Å²) in [7, 11) is 0. The van der Waals surface area contributed by atoms with Crippen LogP contribution in [0.4, 0.5) is 0 Å². The third-order valence-electron chi connectivity index (χ3n) is 5.01. The Balaban J connectivity index is 1.78. The highest BCUT2D eigenvalue weighted by Crippen LogP contribution is 2.48. The number of hydrogen-bond donors (Lipinski definition) is 0. The van der Waals surface area contributed by atoms with Crippen molar-refractivity contribution in [1.29, 1.82) is 0 Å². The molecule has 0 heterocycles. The van der Waals surface area contributed by atoms with Gasteiger partial charge in [-0.25, -0.2) is 0 Å². The molecule has 0 amide bonds. The molecule has 0 bridgehead atoms. The number of hydrogen-bond acceptors (Lipinski definition) is 0. The molecule has 0 saturated heterocycles. The van der Waals surface area contributed by atoms with E-state index in [1.54, 1.807) is 11.1 Å². The van der Waals surface area contributed by atoms with E-state index in [9.17, 15) is 0 Å². The minimum Gasteiger partial charge on any atom is -0.123 e. The van der Waals surface area contributed by atoms with Crippen molar-refractivity contribution >= 4 is 11.6 Å². The topological polar surface area (TPSA) is 0 Å². The van der Waals surface area contributed by atoms with Gasteiger partial charge < -0.3 is 0 Å². The van der Waals surface area contributed by atoms with Crippen molar-refractivity contribution in [3.05, 3.63) is 35.4 Å². The first kappa shape index (κ1) is 12.5. The fourth-order valence-corrected chi connectivity index (χ4v) is 4.57. The average Bonchev–Trinajstić information content (AvgIpc) is 2.70. The Morgan fingerprint density at radius 2 is 2.11 bits per heavy atom. The first-order chi connectivity index (χ1) is 8.66. The summed E-state index contributed by atoms with van der Waals surface area (Å²) in [6.07, 6.45) is 9.11. The van der Waals surface area contributed by atoms with Crippen LogP contribution < -0.4 is 0 Å². The molecule has 3 rings (SSSR count). The maximum absolute atomic E-state index is 6.31. The number of aryl methyl sites for hydroxylation is 1. The van der Waals surface area contributed by atoms with Gasteiger partial charge in [-0.2, -0.15) is 0 Å². The lowest BCUT2D eigenvalue weighted by Gasteiger charge is -2.33. The van der Waals surface area contributed by atoms with Gasteiger partial charge >= 0.3 is 0 Å². The second kappa shape index (κ2) is 4.89. The fraction of sp³-hybridized carbons (Fsp3) is 0.647. The second-order valence-corrected chi connectivity index (χ2v) is 7.26. The van der Waals surface area contributed by atoms with Crippen molar-refractivity contribution in [2.24, 2.45) is 5.41 Å². The predicted octanol–water partition coefficient (Wildman–Crippen LogP) is 5.29. The minimum atomic E-state index is 0.425. The smallest absolute Gasteiger partial charge is 0.0341 e. The van der Waals surface area contributed by atoms with Crippen LogP contribution in [0.1, 0.15) is 62.5 Å². The molecule has 1 aromatic rings. The van der Waals surface area contributed by atoms with Gasteiger partial charge in [0.1, 0.15) is 0 Å². The van der Waals surface area contributed by atoms with Crippen LogP contribution in [0.2, 0.25) is 0 Å². The zero-order chi connectivity index (χ0) is 12.6. The van der Waals surface area contributed by atoms with Crippen LogP contribution in [-0.2, 0) is 6.42 Å². The molecule has 3 atom stereocenters. The molecule has 0 aliphatic heterocycles. The predicted molar refractivity (Wildman–Crippen MR) is 78.3 cm³/mol. The van der Waals surface area contributed by atoms with Gasteiger partial charge in [0, 0.05) is 5.38 Å². The Kier molecular flexibility index (Phi) is 3.40. The Labute approximate surface area is 116 Å². The Bertz CT molecular complexity index is 425. The van der Waals surface area contributed by atoms with Gasteiger partial charge in [0.2, 0.25) is 0 Å². The van der Waals surface area contributed by atoms with Crippen LogP contribution in [0.5, 0.6) is 0 Å². The van der Waals surface area contributed by atoms with Crippen LogP contribution in [0, 0.1) is 5.41 Å². The molecule has 1 heteroatoms. The largest absolute Gasteiger partial charge is 0.123 e. The minimum absolute atomic E-state index is 0.425. The zero-order valence-electron chi connectivity index (χ0n) is 11.3. The molecule has 1 fully saturated rings. The number of rotatable bonds is 2. The van der Waals surface area contributed by atoms with Gasteiger partial charge in [0.25, 0.3) is 0 Å². The molecule has 0 radical (unpaired) electrons. The number of alkyl halides is 1. The van der Waals surface area contributed by atoms with E-state index in [-0.39, 0.29) is 0 Å². The SMILES string of the molecule is CC1(CC2CCCc3ccccc32)CCC(Cl)C1. The van der Waals surface area contributed by atoms with Gasteiger partial charge in [-0.1, -0.05) is 31.2 Å². The molecular weight excluding hydrogens is 240 g/mol. The number of halogens is 1. The van der Waals surface area contributed by atoms with E-state index in [4.69, 9.17) is 11.6 Å². The Hall–Kier alpha value is -0.490. The molecule has 1 aromatic carbocycles. The summed E-state index contributed by atoms with van der Waals surface area (Å²) in [4.78, 5) is 0. The fourth-order valence-electron chi connectivity index (χ4n) is 4.09. The molecule has 2 aliphatic carbocycles. The van der Waals surface area contributed by atoms with Crippen molar-refractivity contribution in [2.75, 3.05) is 0 Å². The van der Waals surface area contributed by atoms with E-state index in [0.717, 1.165) is 5.92 Å². The lowest BCUT2D eigenvalue weighted by molar-refractivity contribution is 0.269. The maximum Gasteiger partial charge on any atom is 0.0341 e. The first-order valence-electron chi connectivity index (χ1n) is 7.38. The zero-order valence-corrected chi connectivity index (χ0v) is 12.0. The van der Waals surface area contributed by atoms with Crippen LogP contribution in [0.3, 0.4) is 0 Å². The molecule has 1 saturated carbocycles. The van der Waals surface area contributed by atoms with E-state index in [0.29, 0.717) is 10.8 Å². The van der Waals surface area contributed by atoms with Gasteiger partial charge in [0.05, 0.1) is 0 Å². The van der Waals surface area contributed by atoms with E-state index >= 15 is 0 Å². The highest BCUT2D eigenvalue weighted by atomic mass is 35.5. The molecule has 3 unspecified atom stereocenters. The average molecular weight is 263 g/mol. The van der Waals surface area contributed by atoms with Gasteiger partial charge in [-0.15, -0.1) is 11.6 Å². The molecular formula is C17H23Cl. The molecule has 18 heavy (non-hydrogen) atoms. The molecule has 2 aliphatic rings. The highest BCUT2D eigenvalue weighted by molar-refractivity contribution is 6.20. The summed E-state index contributed by atoms with van der Waals surface area (Å²) in [5.74, 6) is 0.780. The first-order valence-corrected chi connectivity index (χ1v) is 7.82. The molecule has 0 spiro atoms. The normalized spacial score (nSPS) is 35.4. The third-order valence-corrected chi connectivity index (χ3v) is 5.38. The van der Waals surface area contributed by atoms with Crippen molar-refractivity contribution in [1.82, 2.24) is 0 Å². The Morgan fingerprint density at radius 3 is 2.89 bits per heavy atom. The maximum atomic E-state index is 6.31. The van der Waals surface area contributed by atoms with Crippen LogP contribution >= 0.6 is 11.6 Å². The van der Waals surface area contributed by atoms with Crippen molar-refractivity contribution in [3.8, 4) is 0 Å². The number of benzene rings is 1. The van der Waals surface area contributed by atoms with E-state index in [2.05, 4.69) is 31.2 Å². The van der Waals surface area contributed by atoms with Gasteiger partial charge in [0.15, 0.2) is 0 Å². The quantitative estimate of drug-likeness (QED) is 0.635. The summed E-state index contributed by atoms with van der Waals surface area (Å²) in [5.41, 5.74) is 3.71. The summed E-state index contributed by atoms with van der Waals surface area (Å²) in [6.45, 7) is 2.45. The monoisotopic (exact) mass is 262 g/mol. The van der Waals surface area contributed by atoms with Crippen molar-refractivity contribution < 1.29 is 0 Å². The molecule has 98 valence electrons. The summed E-state index contributed by atoms with van der Waals surface area (Å²) >= 11 is 6.31. The molecule has 0 N–H and O–H groups in total. The van der Waals surface area contributed by atoms with Gasteiger partial charge in [-0.05, 0) is 67.4 Å². The van der Waals surface area contributed by atoms with Crippen LogP contribution in [-0.4, -0.2) is 5.38 Å². The summed E-state index contributed by atoms with van der Waals surface area (Å²) < 4.78 is 0. The van der Waals surface area contributed by atoms with Crippen molar-refractivity contribution in [3.63, 3.8) is 0 Å². The number of fused-ring (bicyclic) bond motifs is 1. The standard InChI is InChI=1S/C17H23Cl/c1-17(10-9-15(18)12-17)11-14-7-4-6-13-5-2-3-8-16(13)14/h2-3,5,8,14-15H,4,6-7,9-12H2,1H3. The van der Waals surface area contributed by atoms with E-state index in [1.807, 2.05) is 0 Å². The third kappa shape index (κ3) is 2.45. The molecule has 0 aromatic heterocycles. The summed E-state index contributed by atoms with van der Waals surface area (Å²) in [5, 5.41) is 0.425. The Morgan fingerprint density at radius 1 is 1.28 bits per heavy atom. The highest BCUT2D eigenvalue weighted by Gasteiger charge is 2.37. The lowest BCUT2D eigenvalue weighted by atomic mass is 9.72. The van der Waals surface area contributed by atoms with Gasteiger partial charge in [-0.3, -0.25) is 0 Å². The van der Waals surface area contributed by atoms with E-state index in [1.165, 1.54) is 44.9 Å². The second-order valence-electron chi connectivity index (χ2n) is 6.64. The summed E-state index contributed by atoms with van der Waals surface area (Å²) in [6, 6.07) is 9.07. The lowest BCUT2D eigenvalue weighted by Crippen LogP contribution is -2.20. The van der Waals surface area contributed by atoms with E-state index < -0.39 is 0 Å². The van der Waals surface area contributed by atoms with Crippen LogP contribution in [0.15, 0.2) is 24.3 Å².